The Hall–Kier alpha value is -0.0731. The van der Waals surface area contributed by atoms with E-state index in [2.05, 4.69) is 62.5 Å². The van der Waals surface area contributed by atoms with Crippen LogP contribution in [0.2, 0.25) is 18.1 Å². The zero-order valence-electron chi connectivity index (χ0n) is 12.0. The summed E-state index contributed by atoms with van der Waals surface area (Å²) in [5, 5.41) is 0.268. The summed E-state index contributed by atoms with van der Waals surface area (Å²) >= 11 is 2.32. The van der Waals surface area contributed by atoms with Gasteiger partial charge in [-0.3, -0.25) is 0 Å². The van der Waals surface area contributed by atoms with Gasteiger partial charge in [0, 0.05) is 15.9 Å². The van der Waals surface area contributed by atoms with E-state index in [1.165, 1.54) is 9.13 Å². The van der Waals surface area contributed by atoms with Crippen molar-refractivity contribution in [2.75, 3.05) is 12.3 Å². The van der Waals surface area contributed by atoms with Crippen LogP contribution >= 0.6 is 22.6 Å². The van der Waals surface area contributed by atoms with Crippen molar-refractivity contribution in [1.82, 2.24) is 0 Å². The molecule has 0 amide bonds. The van der Waals surface area contributed by atoms with Crippen molar-refractivity contribution in [3.8, 4) is 0 Å². The van der Waals surface area contributed by atoms with Crippen LogP contribution in [0.15, 0.2) is 18.2 Å². The molecule has 0 bridgehead atoms. The van der Waals surface area contributed by atoms with Crippen LogP contribution in [0.25, 0.3) is 0 Å². The van der Waals surface area contributed by atoms with Gasteiger partial charge in [-0.05, 0) is 70.9 Å². The summed E-state index contributed by atoms with van der Waals surface area (Å²) in [5.41, 5.74) is 8.04. The predicted molar refractivity (Wildman–Crippen MR) is 90.4 cm³/mol. The molecule has 0 aromatic heterocycles. The van der Waals surface area contributed by atoms with E-state index in [9.17, 15) is 0 Å². The quantitative estimate of drug-likeness (QED) is 0.478. The van der Waals surface area contributed by atoms with Crippen LogP contribution in [0.3, 0.4) is 0 Å². The lowest BCUT2D eigenvalue weighted by Gasteiger charge is -2.36. The van der Waals surface area contributed by atoms with Gasteiger partial charge < -0.3 is 10.2 Å². The Morgan fingerprint density at radius 1 is 1.28 bits per heavy atom. The number of nitrogen functional groups attached to an aromatic ring is 1. The first-order valence-electron chi connectivity index (χ1n) is 6.31. The molecule has 0 atom stereocenters. The van der Waals surface area contributed by atoms with Gasteiger partial charge in [-0.1, -0.05) is 20.8 Å². The van der Waals surface area contributed by atoms with E-state index >= 15 is 0 Å². The van der Waals surface area contributed by atoms with Gasteiger partial charge in [0.05, 0.1) is 0 Å². The highest BCUT2D eigenvalue weighted by Gasteiger charge is 2.36. The van der Waals surface area contributed by atoms with Gasteiger partial charge >= 0.3 is 0 Å². The number of benzene rings is 1. The summed E-state index contributed by atoms with van der Waals surface area (Å²) < 4.78 is 7.40. The van der Waals surface area contributed by atoms with E-state index in [0.29, 0.717) is 0 Å². The molecule has 1 aromatic rings. The number of rotatable bonds is 4. The van der Waals surface area contributed by atoms with Crippen LogP contribution in [-0.2, 0) is 10.8 Å². The lowest BCUT2D eigenvalue weighted by molar-refractivity contribution is 0.292. The average molecular weight is 377 g/mol. The molecule has 0 saturated carbocycles. The van der Waals surface area contributed by atoms with E-state index in [1.54, 1.807) is 0 Å². The molecule has 18 heavy (non-hydrogen) atoms. The summed E-state index contributed by atoms with van der Waals surface area (Å²) in [4.78, 5) is 0. The maximum Gasteiger partial charge on any atom is 0.191 e. The van der Waals surface area contributed by atoms with Crippen LogP contribution < -0.4 is 5.73 Å². The van der Waals surface area contributed by atoms with Gasteiger partial charge in [0.15, 0.2) is 8.32 Å². The van der Waals surface area contributed by atoms with Crippen molar-refractivity contribution in [2.45, 2.75) is 45.3 Å². The number of hydrogen-bond donors (Lipinski definition) is 1. The maximum absolute atomic E-state index is 6.17. The zero-order valence-corrected chi connectivity index (χ0v) is 15.2. The molecule has 0 spiro atoms. The molecule has 0 unspecified atom stereocenters. The fourth-order valence-electron chi connectivity index (χ4n) is 1.42. The molecule has 2 N–H and O–H groups in total. The number of halogens is 1. The van der Waals surface area contributed by atoms with Crippen molar-refractivity contribution in [1.29, 1.82) is 0 Å². The molecule has 2 nitrogen and oxygen atoms in total. The Morgan fingerprint density at radius 2 is 1.89 bits per heavy atom. The highest BCUT2D eigenvalue weighted by molar-refractivity contribution is 14.1. The Labute approximate surface area is 126 Å². The molecule has 0 radical (unpaired) electrons. The number of anilines is 1. The van der Waals surface area contributed by atoms with Crippen molar-refractivity contribution >= 4 is 36.6 Å². The van der Waals surface area contributed by atoms with Crippen LogP contribution in [0, 0.1) is 3.57 Å². The van der Waals surface area contributed by atoms with Crippen molar-refractivity contribution < 1.29 is 4.43 Å². The van der Waals surface area contributed by atoms with Crippen LogP contribution in [0.5, 0.6) is 0 Å². The fraction of sp³-hybridized carbons (Fsp3) is 0.571. The summed E-state index contributed by atoms with van der Waals surface area (Å²) in [6.07, 6.45) is 0.898. The molecular weight excluding hydrogens is 353 g/mol. The smallest absolute Gasteiger partial charge is 0.191 e. The Balaban J connectivity index is 2.59. The van der Waals surface area contributed by atoms with E-state index < -0.39 is 8.32 Å². The van der Waals surface area contributed by atoms with Gasteiger partial charge in [0.2, 0.25) is 0 Å². The summed E-state index contributed by atoms with van der Waals surface area (Å²) in [6, 6.07) is 6.16. The molecule has 102 valence electrons. The molecule has 1 rings (SSSR count). The largest absolute Gasteiger partial charge is 0.416 e. The fourth-order valence-corrected chi connectivity index (χ4v) is 3.02. The second-order valence-corrected chi connectivity index (χ2v) is 12.3. The van der Waals surface area contributed by atoms with E-state index in [0.717, 1.165) is 18.7 Å². The molecule has 0 heterocycles. The lowest BCUT2D eigenvalue weighted by Crippen LogP contribution is -2.41. The van der Waals surface area contributed by atoms with E-state index in [4.69, 9.17) is 10.2 Å². The number of hydrogen-bond acceptors (Lipinski definition) is 2. The van der Waals surface area contributed by atoms with Gasteiger partial charge in [0.1, 0.15) is 0 Å². The molecule has 0 saturated heterocycles. The first-order chi connectivity index (χ1) is 8.13. The molecular formula is C14H24INOSi. The normalized spacial score (nSPS) is 12.8. The SMILES string of the molecule is CC(C)(C)[Si](C)(C)OCCc1cc(I)ccc1N. The average Bonchev–Trinajstić information content (AvgIpc) is 2.21. The molecule has 1 aromatic carbocycles. The Bertz CT molecular complexity index is 413. The highest BCUT2D eigenvalue weighted by Crippen LogP contribution is 2.36. The zero-order chi connectivity index (χ0) is 14.0. The molecule has 0 aliphatic carbocycles. The lowest BCUT2D eigenvalue weighted by atomic mass is 10.1. The summed E-state index contributed by atoms with van der Waals surface area (Å²) in [6.45, 7) is 12.1. The third-order valence-electron chi connectivity index (χ3n) is 3.75. The molecule has 0 fully saturated rings. The van der Waals surface area contributed by atoms with Crippen LogP contribution in [-0.4, -0.2) is 14.9 Å². The van der Waals surface area contributed by atoms with Crippen LogP contribution in [0.4, 0.5) is 5.69 Å². The van der Waals surface area contributed by atoms with Gasteiger partial charge in [-0.2, -0.15) is 0 Å². The second-order valence-electron chi connectivity index (χ2n) is 6.20. The first kappa shape index (κ1) is 16.0. The van der Waals surface area contributed by atoms with Gasteiger partial charge in [-0.25, -0.2) is 0 Å². The van der Waals surface area contributed by atoms with E-state index in [-0.39, 0.29) is 5.04 Å². The Morgan fingerprint density at radius 3 is 2.44 bits per heavy atom. The van der Waals surface area contributed by atoms with Crippen molar-refractivity contribution in [3.05, 3.63) is 27.3 Å². The second kappa shape index (κ2) is 5.92. The summed E-state index contributed by atoms with van der Waals surface area (Å²) in [7, 11) is -1.63. The third-order valence-corrected chi connectivity index (χ3v) is 8.95. The predicted octanol–water partition coefficient (Wildman–Crippen LogP) is 4.44. The first-order valence-corrected chi connectivity index (χ1v) is 10.3. The maximum atomic E-state index is 6.17. The van der Waals surface area contributed by atoms with E-state index in [1.807, 2.05) is 12.1 Å². The topological polar surface area (TPSA) is 35.2 Å². The van der Waals surface area contributed by atoms with Crippen LogP contribution in [0.1, 0.15) is 26.3 Å². The standard InChI is InChI=1S/C14H24INOSi/c1-14(2,3)18(4,5)17-9-8-11-10-12(15)6-7-13(11)16/h6-7,10H,8-9,16H2,1-5H3. The highest BCUT2D eigenvalue weighted by atomic mass is 127. The minimum absolute atomic E-state index is 0.268. The van der Waals surface area contributed by atoms with Crippen molar-refractivity contribution in [2.24, 2.45) is 0 Å². The molecule has 0 aliphatic rings. The summed E-state index contributed by atoms with van der Waals surface area (Å²) in [5.74, 6) is 0. The van der Waals surface area contributed by atoms with Crippen molar-refractivity contribution in [3.63, 3.8) is 0 Å². The molecule has 0 aliphatic heterocycles. The monoisotopic (exact) mass is 377 g/mol. The third kappa shape index (κ3) is 4.24. The van der Waals surface area contributed by atoms with Gasteiger partial charge in [0.25, 0.3) is 0 Å². The number of nitrogens with two attached hydrogens (primary N) is 1. The molecule has 4 heteroatoms. The minimum atomic E-state index is -1.63. The van der Waals surface area contributed by atoms with Gasteiger partial charge in [-0.15, -0.1) is 0 Å². The Kier molecular flexibility index (Phi) is 5.26. The minimum Gasteiger partial charge on any atom is -0.416 e.